The van der Waals surface area contributed by atoms with E-state index in [9.17, 15) is 4.79 Å². The predicted octanol–water partition coefficient (Wildman–Crippen LogP) is 1.51. The molecule has 5 heteroatoms. The van der Waals surface area contributed by atoms with Gasteiger partial charge in [-0.05, 0) is 31.5 Å². The van der Waals surface area contributed by atoms with Crippen LogP contribution in [0.25, 0.3) is 0 Å². The molecular weight excluding hydrogens is 252 g/mol. The molecule has 0 aliphatic carbocycles. The van der Waals surface area contributed by atoms with Crippen molar-refractivity contribution < 1.29 is 0 Å². The number of nitrogens with one attached hydrogen (secondary N) is 3. The number of hydrogen-bond donors (Lipinski definition) is 3. The summed E-state index contributed by atoms with van der Waals surface area (Å²) >= 11 is 0. The molecule has 0 amide bonds. The van der Waals surface area contributed by atoms with Crippen LogP contribution in [0.4, 0.5) is 11.6 Å². The van der Waals surface area contributed by atoms with Gasteiger partial charge in [-0.15, -0.1) is 0 Å². The van der Waals surface area contributed by atoms with Crippen molar-refractivity contribution in [2.45, 2.75) is 19.8 Å². The van der Waals surface area contributed by atoms with Gasteiger partial charge in [-0.2, -0.15) is 0 Å². The van der Waals surface area contributed by atoms with Crippen LogP contribution in [0.3, 0.4) is 0 Å². The molecule has 2 aromatic rings. The lowest BCUT2D eigenvalue weighted by atomic mass is 10.1. The lowest BCUT2D eigenvalue weighted by Gasteiger charge is -2.10. The number of aromatic amines is 1. The smallest absolute Gasteiger partial charge is 0.255 e. The van der Waals surface area contributed by atoms with Gasteiger partial charge in [-0.25, -0.2) is 4.98 Å². The van der Waals surface area contributed by atoms with Gasteiger partial charge < -0.3 is 10.6 Å². The van der Waals surface area contributed by atoms with Gasteiger partial charge in [-0.1, -0.05) is 18.2 Å². The van der Waals surface area contributed by atoms with E-state index < -0.39 is 0 Å². The molecule has 0 radical (unpaired) electrons. The molecule has 0 atom stereocenters. The quantitative estimate of drug-likeness (QED) is 0.773. The standard InChI is InChI=1S/C15H18N4O/c1-10-4-2-3-5-12(10)17-15-18-13-7-9-16-8-6-11(13)14(20)19-15/h2-5,16H,6-9H2,1H3,(H2,17,18,19,20). The highest BCUT2D eigenvalue weighted by molar-refractivity contribution is 5.58. The van der Waals surface area contributed by atoms with Crippen LogP contribution >= 0.6 is 0 Å². The van der Waals surface area contributed by atoms with E-state index >= 15 is 0 Å². The second-order valence-corrected chi connectivity index (χ2v) is 5.03. The zero-order chi connectivity index (χ0) is 13.9. The summed E-state index contributed by atoms with van der Waals surface area (Å²) in [6.45, 7) is 3.73. The third kappa shape index (κ3) is 2.58. The maximum absolute atomic E-state index is 12.1. The number of benzene rings is 1. The Morgan fingerprint density at radius 3 is 2.85 bits per heavy atom. The molecule has 0 saturated heterocycles. The van der Waals surface area contributed by atoms with Crippen molar-refractivity contribution in [3.63, 3.8) is 0 Å². The summed E-state index contributed by atoms with van der Waals surface area (Å²) in [6.07, 6.45) is 1.53. The van der Waals surface area contributed by atoms with E-state index in [0.29, 0.717) is 5.95 Å². The first-order chi connectivity index (χ1) is 9.74. The van der Waals surface area contributed by atoms with Crippen molar-refractivity contribution in [3.8, 4) is 0 Å². The zero-order valence-corrected chi connectivity index (χ0v) is 11.5. The highest BCUT2D eigenvalue weighted by Gasteiger charge is 2.14. The molecule has 0 spiro atoms. The monoisotopic (exact) mass is 270 g/mol. The van der Waals surface area contributed by atoms with E-state index in [1.165, 1.54) is 0 Å². The van der Waals surface area contributed by atoms with Crippen LogP contribution in [0.15, 0.2) is 29.1 Å². The number of aromatic nitrogens is 2. The molecule has 3 N–H and O–H groups in total. The largest absolute Gasteiger partial charge is 0.325 e. The average Bonchev–Trinajstić information content (AvgIpc) is 2.67. The van der Waals surface area contributed by atoms with Gasteiger partial charge in [0, 0.05) is 24.2 Å². The molecule has 5 nitrogen and oxygen atoms in total. The average molecular weight is 270 g/mol. The van der Waals surface area contributed by atoms with E-state index in [1.807, 2.05) is 31.2 Å². The predicted molar refractivity (Wildman–Crippen MR) is 79.6 cm³/mol. The second-order valence-electron chi connectivity index (χ2n) is 5.03. The number of H-pyrrole nitrogens is 1. The van der Waals surface area contributed by atoms with Crippen molar-refractivity contribution in [1.82, 2.24) is 15.3 Å². The molecule has 0 bridgehead atoms. The lowest BCUT2D eigenvalue weighted by Crippen LogP contribution is -2.20. The van der Waals surface area contributed by atoms with Gasteiger partial charge in [0.1, 0.15) is 0 Å². The molecule has 3 rings (SSSR count). The van der Waals surface area contributed by atoms with E-state index in [1.54, 1.807) is 0 Å². The maximum atomic E-state index is 12.1. The van der Waals surface area contributed by atoms with Gasteiger partial charge in [-0.3, -0.25) is 9.78 Å². The summed E-state index contributed by atoms with van der Waals surface area (Å²) < 4.78 is 0. The Hall–Kier alpha value is -2.14. The fourth-order valence-electron chi connectivity index (χ4n) is 2.45. The third-order valence-corrected chi connectivity index (χ3v) is 3.59. The van der Waals surface area contributed by atoms with Crippen LogP contribution in [0, 0.1) is 6.92 Å². The summed E-state index contributed by atoms with van der Waals surface area (Å²) in [6, 6.07) is 7.94. The Morgan fingerprint density at radius 2 is 2.00 bits per heavy atom. The number of rotatable bonds is 2. The topological polar surface area (TPSA) is 69.8 Å². The molecule has 1 aliphatic heterocycles. The van der Waals surface area contributed by atoms with E-state index in [4.69, 9.17) is 0 Å². The lowest BCUT2D eigenvalue weighted by molar-refractivity contribution is 0.708. The minimum atomic E-state index is -0.0326. The number of hydrogen-bond acceptors (Lipinski definition) is 4. The molecule has 0 fully saturated rings. The number of nitrogens with zero attached hydrogens (tertiary/aromatic N) is 1. The Labute approximate surface area is 117 Å². The molecule has 0 unspecified atom stereocenters. The number of fused-ring (bicyclic) bond motifs is 1. The maximum Gasteiger partial charge on any atom is 0.255 e. The Bertz CT molecular complexity index is 678. The second kappa shape index (κ2) is 5.46. The minimum absolute atomic E-state index is 0.0326. The van der Waals surface area contributed by atoms with Gasteiger partial charge in [0.25, 0.3) is 5.56 Å². The first-order valence-corrected chi connectivity index (χ1v) is 6.89. The van der Waals surface area contributed by atoms with E-state index in [0.717, 1.165) is 48.4 Å². The van der Waals surface area contributed by atoms with Gasteiger partial charge in [0.05, 0.1) is 5.69 Å². The molecule has 1 aromatic heterocycles. The normalized spacial score (nSPS) is 14.4. The van der Waals surface area contributed by atoms with Crippen LogP contribution in [0.2, 0.25) is 0 Å². The molecule has 0 saturated carbocycles. The Morgan fingerprint density at radius 1 is 1.20 bits per heavy atom. The fourth-order valence-corrected chi connectivity index (χ4v) is 2.45. The van der Waals surface area contributed by atoms with E-state index in [-0.39, 0.29) is 5.56 Å². The van der Waals surface area contributed by atoms with Crippen molar-refractivity contribution in [2.24, 2.45) is 0 Å². The number of anilines is 2. The molecule has 20 heavy (non-hydrogen) atoms. The van der Waals surface area contributed by atoms with E-state index in [2.05, 4.69) is 20.6 Å². The van der Waals surface area contributed by atoms with Gasteiger partial charge >= 0.3 is 0 Å². The van der Waals surface area contributed by atoms with Crippen molar-refractivity contribution >= 4 is 11.6 Å². The highest BCUT2D eigenvalue weighted by Crippen LogP contribution is 2.17. The van der Waals surface area contributed by atoms with Crippen LogP contribution in [-0.2, 0) is 12.8 Å². The molecule has 1 aliphatic rings. The van der Waals surface area contributed by atoms with Crippen molar-refractivity contribution in [1.29, 1.82) is 0 Å². The minimum Gasteiger partial charge on any atom is -0.325 e. The molecular formula is C15H18N4O. The first kappa shape index (κ1) is 12.9. The van der Waals surface area contributed by atoms with Crippen LogP contribution in [0.1, 0.15) is 16.8 Å². The third-order valence-electron chi connectivity index (χ3n) is 3.59. The zero-order valence-electron chi connectivity index (χ0n) is 11.5. The summed E-state index contributed by atoms with van der Waals surface area (Å²) in [5.41, 5.74) is 3.75. The molecule has 1 aromatic carbocycles. The first-order valence-electron chi connectivity index (χ1n) is 6.89. The SMILES string of the molecule is Cc1ccccc1Nc1nc2c(c(=O)[nH]1)CCNCC2. The summed E-state index contributed by atoms with van der Waals surface area (Å²) in [5, 5.41) is 6.48. The van der Waals surface area contributed by atoms with Crippen LogP contribution < -0.4 is 16.2 Å². The summed E-state index contributed by atoms with van der Waals surface area (Å²) in [7, 11) is 0. The summed E-state index contributed by atoms with van der Waals surface area (Å²) in [5.74, 6) is 0.518. The molecule has 2 heterocycles. The fraction of sp³-hybridized carbons (Fsp3) is 0.333. The van der Waals surface area contributed by atoms with Crippen molar-refractivity contribution in [3.05, 3.63) is 51.4 Å². The van der Waals surface area contributed by atoms with Crippen LogP contribution in [-0.4, -0.2) is 23.1 Å². The number of aryl methyl sites for hydroxylation is 1. The highest BCUT2D eigenvalue weighted by atomic mass is 16.1. The van der Waals surface area contributed by atoms with Gasteiger partial charge in [0.2, 0.25) is 5.95 Å². The van der Waals surface area contributed by atoms with Crippen LogP contribution in [0.5, 0.6) is 0 Å². The summed E-state index contributed by atoms with van der Waals surface area (Å²) in [4.78, 5) is 19.5. The molecule has 104 valence electrons. The Balaban J connectivity index is 1.95. The Kier molecular flexibility index (Phi) is 3.52. The number of para-hydroxylation sites is 1. The van der Waals surface area contributed by atoms with Crippen molar-refractivity contribution in [2.75, 3.05) is 18.4 Å². The van der Waals surface area contributed by atoms with Gasteiger partial charge in [0.15, 0.2) is 0 Å².